The summed E-state index contributed by atoms with van der Waals surface area (Å²) in [7, 11) is 0. The van der Waals surface area contributed by atoms with E-state index in [4.69, 9.17) is 0 Å². The van der Waals surface area contributed by atoms with Gasteiger partial charge in [0, 0.05) is 23.5 Å². The fourth-order valence-corrected chi connectivity index (χ4v) is 3.65. The fraction of sp³-hybridized carbons (Fsp3) is 0.217. The molecule has 2 heterocycles. The predicted molar refractivity (Wildman–Crippen MR) is 115 cm³/mol. The van der Waals surface area contributed by atoms with Crippen molar-refractivity contribution in [3.8, 4) is 0 Å². The zero-order chi connectivity index (χ0) is 21.3. The van der Waals surface area contributed by atoms with Gasteiger partial charge < -0.3 is 10.2 Å². The van der Waals surface area contributed by atoms with Crippen LogP contribution in [0.3, 0.4) is 0 Å². The van der Waals surface area contributed by atoms with Gasteiger partial charge in [0.1, 0.15) is 12.2 Å². The van der Waals surface area contributed by atoms with Gasteiger partial charge in [-0.15, -0.1) is 0 Å². The fourth-order valence-electron chi connectivity index (χ4n) is 3.65. The van der Waals surface area contributed by atoms with Crippen LogP contribution in [0.2, 0.25) is 0 Å². The quantitative estimate of drug-likeness (QED) is 0.727. The Morgan fingerprint density at radius 2 is 1.80 bits per heavy atom. The SMILES string of the molecule is Cc1ccc(NC(=O)Cn2nc(C(=O)N3c4ccccc4CC3C)ccc2=O)cc1. The van der Waals surface area contributed by atoms with E-state index < -0.39 is 11.5 Å². The van der Waals surface area contributed by atoms with Gasteiger partial charge in [-0.3, -0.25) is 14.4 Å². The molecule has 0 saturated carbocycles. The first-order valence-electron chi connectivity index (χ1n) is 9.78. The molecule has 0 saturated heterocycles. The molecule has 1 atom stereocenters. The first-order valence-corrected chi connectivity index (χ1v) is 9.78. The number of benzene rings is 2. The molecule has 7 nitrogen and oxygen atoms in total. The number of anilines is 2. The smallest absolute Gasteiger partial charge is 0.278 e. The monoisotopic (exact) mass is 402 g/mol. The first kappa shape index (κ1) is 19.6. The number of hydrogen-bond donors (Lipinski definition) is 1. The van der Waals surface area contributed by atoms with Crippen LogP contribution in [0.4, 0.5) is 11.4 Å². The molecule has 1 N–H and O–H groups in total. The third-order valence-electron chi connectivity index (χ3n) is 5.14. The van der Waals surface area contributed by atoms with Crippen LogP contribution in [0, 0.1) is 6.92 Å². The van der Waals surface area contributed by atoms with Crippen molar-refractivity contribution < 1.29 is 9.59 Å². The van der Waals surface area contributed by atoms with E-state index in [0.29, 0.717) is 5.69 Å². The number of nitrogens with one attached hydrogen (secondary N) is 1. The van der Waals surface area contributed by atoms with Crippen molar-refractivity contribution in [2.75, 3.05) is 10.2 Å². The maximum Gasteiger partial charge on any atom is 0.278 e. The van der Waals surface area contributed by atoms with Crippen LogP contribution in [0.25, 0.3) is 0 Å². The van der Waals surface area contributed by atoms with Gasteiger partial charge in [-0.05, 0) is 50.1 Å². The lowest BCUT2D eigenvalue weighted by Gasteiger charge is -2.22. The van der Waals surface area contributed by atoms with Crippen molar-refractivity contribution in [1.82, 2.24) is 9.78 Å². The minimum Gasteiger partial charge on any atom is -0.324 e. The van der Waals surface area contributed by atoms with Crippen LogP contribution in [-0.2, 0) is 17.8 Å². The van der Waals surface area contributed by atoms with Crippen LogP contribution in [0.15, 0.2) is 65.5 Å². The van der Waals surface area contributed by atoms with E-state index >= 15 is 0 Å². The number of rotatable bonds is 4. The molecule has 0 spiro atoms. The molecule has 1 aliphatic heterocycles. The highest BCUT2D eigenvalue weighted by Crippen LogP contribution is 2.32. The van der Waals surface area contributed by atoms with Gasteiger partial charge in [-0.2, -0.15) is 5.10 Å². The van der Waals surface area contributed by atoms with Gasteiger partial charge in [-0.1, -0.05) is 35.9 Å². The molecule has 3 aromatic rings. The number of nitrogens with zero attached hydrogens (tertiary/aromatic N) is 3. The summed E-state index contributed by atoms with van der Waals surface area (Å²) in [4.78, 5) is 39.4. The van der Waals surface area contributed by atoms with Gasteiger partial charge in [0.2, 0.25) is 5.91 Å². The van der Waals surface area contributed by atoms with Gasteiger partial charge in [-0.25, -0.2) is 4.68 Å². The maximum atomic E-state index is 13.1. The number of para-hydroxylation sites is 1. The first-order chi connectivity index (χ1) is 14.4. The number of amides is 2. The molecule has 0 fully saturated rings. The minimum atomic E-state index is -0.444. The van der Waals surface area contributed by atoms with Crippen molar-refractivity contribution in [3.05, 3.63) is 87.8 Å². The van der Waals surface area contributed by atoms with E-state index in [9.17, 15) is 14.4 Å². The van der Waals surface area contributed by atoms with Crippen LogP contribution < -0.4 is 15.8 Å². The highest BCUT2D eigenvalue weighted by molar-refractivity contribution is 6.06. The summed E-state index contributed by atoms with van der Waals surface area (Å²) < 4.78 is 1.02. The second kappa shape index (κ2) is 7.94. The van der Waals surface area contributed by atoms with Gasteiger partial charge in [0.25, 0.3) is 11.5 Å². The van der Waals surface area contributed by atoms with E-state index in [-0.39, 0.29) is 24.2 Å². The Labute approximate surface area is 174 Å². The van der Waals surface area contributed by atoms with Gasteiger partial charge >= 0.3 is 0 Å². The summed E-state index contributed by atoms with van der Waals surface area (Å²) in [5.74, 6) is -0.682. The zero-order valence-corrected chi connectivity index (χ0v) is 16.8. The molecule has 2 aromatic carbocycles. The van der Waals surface area contributed by atoms with Gasteiger partial charge in [0.15, 0.2) is 0 Å². The predicted octanol–water partition coefficient (Wildman–Crippen LogP) is 2.78. The van der Waals surface area contributed by atoms with Crippen molar-refractivity contribution >= 4 is 23.2 Å². The Kier molecular flexibility index (Phi) is 5.18. The molecule has 0 bridgehead atoms. The zero-order valence-electron chi connectivity index (χ0n) is 16.8. The molecule has 0 aliphatic carbocycles. The second-order valence-electron chi connectivity index (χ2n) is 7.49. The van der Waals surface area contributed by atoms with E-state index in [1.807, 2.05) is 50.2 Å². The average molecular weight is 402 g/mol. The standard InChI is InChI=1S/C23H22N4O3/c1-15-7-9-18(10-8-15)24-21(28)14-26-22(29)12-11-19(25-26)23(30)27-16(2)13-17-5-3-4-6-20(17)27/h3-12,16H,13-14H2,1-2H3,(H,24,28). The van der Waals surface area contributed by atoms with E-state index in [2.05, 4.69) is 10.4 Å². The van der Waals surface area contributed by atoms with E-state index in [0.717, 1.165) is 27.9 Å². The molecule has 30 heavy (non-hydrogen) atoms. The van der Waals surface area contributed by atoms with Crippen LogP contribution in [-0.4, -0.2) is 27.6 Å². The largest absolute Gasteiger partial charge is 0.324 e. The number of carbonyl (C=O) groups excluding carboxylic acids is 2. The van der Waals surface area contributed by atoms with Crippen molar-refractivity contribution in [2.24, 2.45) is 0 Å². The summed E-state index contributed by atoms with van der Waals surface area (Å²) in [6.45, 7) is 3.65. The number of carbonyl (C=O) groups is 2. The molecule has 0 radical (unpaired) electrons. The molecule has 152 valence electrons. The highest BCUT2D eigenvalue weighted by Gasteiger charge is 2.32. The molecule has 2 amide bonds. The minimum absolute atomic E-state index is 0.0121. The summed E-state index contributed by atoms with van der Waals surface area (Å²) in [5.41, 5.74) is 3.35. The Morgan fingerprint density at radius 3 is 2.57 bits per heavy atom. The molecule has 7 heteroatoms. The maximum absolute atomic E-state index is 13.1. The summed E-state index contributed by atoms with van der Waals surface area (Å²) in [5, 5.41) is 6.91. The van der Waals surface area contributed by atoms with Gasteiger partial charge in [0.05, 0.1) is 0 Å². The number of hydrogen-bond acceptors (Lipinski definition) is 4. The lowest BCUT2D eigenvalue weighted by molar-refractivity contribution is -0.117. The third kappa shape index (κ3) is 3.87. The second-order valence-corrected chi connectivity index (χ2v) is 7.49. The Hall–Kier alpha value is -3.74. The summed E-state index contributed by atoms with van der Waals surface area (Å²) in [6.07, 6.45) is 0.764. The molecule has 1 unspecified atom stereocenters. The van der Waals surface area contributed by atoms with E-state index in [1.165, 1.54) is 12.1 Å². The lowest BCUT2D eigenvalue weighted by Crippen LogP contribution is -2.38. The topological polar surface area (TPSA) is 84.3 Å². The highest BCUT2D eigenvalue weighted by atomic mass is 16.2. The lowest BCUT2D eigenvalue weighted by atomic mass is 10.1. The van der Waals surface area contributed by atoms with E-state index in [1.54, 1.807) is 17.0 Å². The number of fused-ring (bicyclic) bond motifs is 1. The van der Waals surface area contributed by atoms with Crippen LogP contribution in [0.5, 0.6) is 0 Å². The van der Waals surface area contributed by atoms with Crippen LogP contribution >= 0.6 is 0 Å². The average Bonchev–Trinajstić information content (AvgIpc) is 3.06. The number of aromatic nitrogens is 2. The summed E-state index contributed by atoms with van der Waals surface area (Å²) >= 11 is 0. The Balaban J connectivity index is 1.54. The van der Waals surface area contributed by atoms with Crippen LogP contribution in [0.1, 0.15) is 28.5 Å². The molecule has 4 rings (SSSR count). The normalized spacial score (nSPS) is 15.0. The molecular formula is C23H22N4O3. The summed E-state index contributed by atoms with van der Waals surface area (Å²) in [6, 6.07) is 17.8. The molecule has 1 aliphatic rings. The van der Waals surface area contributed by atoms with Crippen molar-refractivity contribution in [2.45, 2.75) is 32.9 Å². The van der Waals surface area contributed by atoms with Crippen molar-refractivity contribution in [1.29, 1.82) is 0 Å². The molecular weight excluding hydrogens is 380 g/mol. The number of aryl methyl sites for hydroxylation is 1. The Bertz CT molecular complexity index is 1170. The van der Waals surface area contributed by atoms with Crippen molar-refractivity contribution in [3.63, 3.8) is 0 Å². The third-order valence-corrected chi connectivity index (χ3v) is 5.14. The Morgan fingerprint density at radius 1 is 1.07 bits per heavy atom. The molecule has 1 aromatic heterocycles.